The van der Waals surface area contributed by atoms with Gasteiger partial charge in [-0.3, -0.25) is 0 Å². The van der Waals surface area contributed by atoms with Crippen molar-refractivity contribution in [3.63, 3.8) is 0 Å². The molecule has 1 heterocycles. The van der Waals surface area contributed by atoms with Crippen LogP contribution < -0.4 is 5.32 Å². The van der Waals surface area contributed by atoms with Gasteiger partial charge in [0.25, 0.3) is 0 Å². The summed E-state index contributed by atoms with van der Waals surface area (Å²) in [5, 5.41) is 3.33. The standard InChI is InChI=1S/C14H17N3/c1-11(13-6-4-3-5-7-13)10-16-14-8-9-15-12(2)17-14/h3-9,11H,10H2,1-2H3,(H,15,16,17)/t11-/m1/s1. The first kappa shape index (κ1) is 11.6. The van der Waals surface area contributed by atoms with Crippen molar-refractivity contribution in [1.82, 2.24) is 9.97 Å². The van der Waals surface area contributed by atoms with E-state index in [1.165, 1.54) is 5.56 Å². The molecule has 0 unspecified atom stereocenters. The topological polar surface area (TPSA) is 37.8 Å². The van der Waals surface area contributed by atoms with E-state index >= 15 is 0 Å². The van der Waals surface area contributed by atoms with Crippen molar-refractivity contribution in [3.8, 4) is 0 Å². The van der Waals surface area contributed by atoms with Crippen molar-refractivity contribution in [2.24, 2.45) is 0 Å². The molecular formula is C14H17N3. The molecule has 0 bridgehead atoms. The lowest BCUT2D eigenvalue weighted by Crippen LogP contribution is -2.11. The van der Waals surface area contributed by atoms with Gasteiger partial charge in [-0.25, -0.2) is 9.97 Å². The molecular weight excluding hydrogens is 210 g/mol. The van der Waals surface area contributed by atoms with E-state index in [4.69, 9.17) is 0 Å². The minimum Gasteiger partial charge on any atom is -0.369 e. The van der Waals surface area contributed by atoms with Crippen LogP contribution in [0.25, 0.3) is 0 Å². The van der Waals surface area contributed by atoms with Crippen LogP contribution in [0.3, 0.4) is 0 Å². The summed E-state index contributed by atoms with van der Waals surface area (Å²) in [5.41, 5.74) is 1.34. The normalized spacial score (nSPS) is 12.1. The maximum Gasteiger partial charge on any atom is 0.129 e. The Hall–Kier alpha value is -1.90. The van der Waals surface area contributed by atoms with Gasteiger partial charge in [-0.15, -0.1) is 0 Å². The lowest BCUT2D eigenvalue weighted by atomic mass is 10.0. The number of nitrogens with one attached hydrogen (secondary N) is 1. The van der Waals surface area contributed by atoms with Crippen LogP contribution >= 0.6 is 0 Å². The molecule has 2 aromatic rings. The fraction of sp³-hybridized carbons (Fsp3) is 0.286. The molecule has 0 aliphatic rings. The first-order valence-corrected chi connectivity index (χ1v) is 5.84. The van der Waals surface area contributed by atoms with Crippen LogP contribution in [0.2, 0.25) is 0 Å². The van der Waals surface area contributed by atoms with E-state index in [1.807, 2.05) is 19.1 Å². The Morgan fingerprint density at radius 2 is 1.94 bits per heavy atom. The predicted molar refractivity (Wildman–Crippen MR) is 70.1 cm³/mol. The van der Waals surface area contributed by atoms with Crippen molar-refractivity contribution in [1.29, 1.82) is 0 Å². The van der Waals surface area contributed by atoms with E-state index in [2.05, 4.69) is 46.5 Å². The van der Waals surface area contributed by atoms with Gasteiger partial charge in [0.05, 0.1) is 0 Å². The lowest BCUT2D eigenvalue weighted by Gasteiger charge is -2.13. The number of nitrogens with zero attached hydrogens (tertiary/aromatic N) is 2. The second kappa shape index (κ2) is 5.43. The minimum atomic E-state index is 0.464. The van der Waals surface area contributed by atoms with Gasteiger partial charge in [-0.05, 0) is 24.5 Å². The fourth-order valence-electron chi connectivity index (χ4n) is 1.71. The molecule has 0 aliphatic carbocycles. The minimum absolute atomic E-state index is 0.464. The summed E-state index contributed by atoms with van der Waals surface area (Å²) in [5.74, 6) is 2.15. The number of hydrogen-bond donors (Lipinski definition) is 1. The number of anilines is 1. The molecule has 1 atom stereocenters. The van der Waals surface area contributed by atoms with E-state index in [1.54, 1.807) is 6.20 Å². The highest BCUT2D eigenvalue weighted by Crippen LogP contribution is 2.15. The Balaban J connectivity index is 1.95. The molecule has 0 aliphatic heterocycles. The molecule has 3 heteroatoms. The molecule has 1 aromatic carbocycles. The van der Waals surface area contributed by atoms with Gasteiger partial charge in [-0.1, -0.05) is 37.3 Å². The van der Waals surface area contributed by atoms with Crippen LogP contribution in [0.5, 0.6) is 0 Å². The first-order chi connectivity index (χ1) is 8.25. The van der Waals surface area contributed by atoms with Crippen LogP contribution in [0.4, 0.5) is 5.82 Å². The largest absolute Gasteiger partial charge is 0.369 e. The highest BCUT2D eigenvalue weighted by atomic mass is 15.0. The summed E-state index contributed by atoms with van der Waals surface area (Å²) in [7, 11) is 0. The molecule has 3 nitrogen and oxygen atoms in total. The van der Waals surface area contributed by atoms with Gasteiger partial charge in [0.15, 0.2) is 0 Å². The van der Waals surface area contributed by atoms with Crippen molar-refractivity contribution in [3.05, 3.63) is 54.0 Å². The molecule has 17 heavy (non-hydrogen) atoms. The van der Waals surface area contributed by atoms with Crippen molar-refractivity contribution in [2.45, 2.75) is 19.8 Å². The van der Waals surface area contributed by atoms with E-state index in [0.29, 0.717) is 5.92 Å². The maximum absolute atomic E-state index is 4.32. The molecule has 0 saturated heterocycles. The van der Waals surface area contributed by atoms with Crippen LogP contribution in [-0.4, -0.2) is 16.5 Å². The van der Waals surface area contributed by atoms with E-state index in [9.17, 15) is 0 Å². The zero-order valence-corrected chi connectivity index (χ0v) is 10.2. The van der Waals surface area contributed by atoms with Gasteiger partial charge in [0, 0.05) is 12.7 Å². The summed E-state index contributed by atoms with van der Waals surface area (Å²) in [6, 6.07) is 12.4. The van der Waals surface area contributed by atoms with E-state index in [0.717, 1.165) is 18.2 Å². The third kappa shape index (κ3) is 3.28. The Kier molecular flexibility index (Phi) is 3.70. The summed E-state index contributed by atoms with van der Waals surface area (Å²) in [6.45, 7) is 4.97. The van der Waals surface area contributed by atoms with Gasteiger partial charge in [0.1, 0.15) is 11.6 Å². The summed E-state index contributed by atoms with van der Waals surface area (Å²) < 4.78 is 0. The molecule has 0 amide bonds. The number of rotatable bonds is 4. The highest BCUT2D eigenvalue weighted by molar-refractivity contribution is 5.34. The highest BCUT2D eigenvalue weighted by Gasteiger charge is 2.04. The third-order valence-corrected chi connectivity index (χ3v) is 2.73. The van der Waals surface area contributed by atoms with Gasteiger partial charge < -0.3 is 5.32 Å². The summed E-state index contributed by atoms with van der Waals surface area (Å²) in [6.07, 6.45) is 1.78. The number of aryl methyl sites for hydroxylation is 1. The smallest absolute Gasteiger partial charge is 0.129 e. The number of aromatic nitrogens is 2. The molecule has 0 fully saturated rings. The molecule has 2 rings (SSSR count). The Morgan fingerprint density at radius 3 is 2.65 bits per heavy atom. The zero-order chi connectivity index (χ0) is 12.1. The van der Waals surface area contributed by atoms with E-state index in [-0.39, 0.29) is 0 Å². The lowest BCUT2D eigenvalue weighted by molar-refractivity contribution is 0.799. The summed E-state index contributed by atoms with van der Waals surface area (Å²) >= 11 is 0. The number of hydrogen-bond acceptors (Lipinski definition) is 3. The van der Waals surface area contributed by atoms with Crippen molar-refractivity contribution < 1.29 is 0 Å². The van der Waals surface area contributed by atoms with Gasteiger partial charge >= 0.3 is 0 Å². The molecule has 1 N–H and O–H groups in total. The number of benzene rings is 1. The average molecular weight is 227 g/mol. The van der Waals surface area contributed by atoms with Crippen LogP contribution in [0.1, 0.15) is 24.2 Å². The maximum atomic E-state index is 4.32. The molecule has 1 aromatic heterocycles. The monoisotopic (exact) mass is 227 g/mol. The Labute approximate surface area is 102 Å². The van der Waals surface area contributed by atoms with Crippen LogP contribution in [0.15, 0.2) is 42.6 Å². The van der Waals surface area contributed by atoms with Gasteiger partial charge in [-0.2, -0.15) is 0 Å². The van der Waals surface area contributed by atoms with Crippen LogP contribution in [0, 0.1) is 6.92 Å². The van der Waals surface area contributed by atoms with Crippen molar-refractivity contribution in [2.75, 3.05) is 11.9 Å². The quantitative estimate of drug-likeness (QED) is 0.872. The van der Waals surface area contributed by atoms with E-state index < -0.39 is 0 Å². The van der Waals surface area contributed by atoms with Crippen LogP contribution in [-0.2, 0) is 0 Å². The molecule has 88 valence electrons. The Morgan fingerprint density at radius 1 is 1.18 bits per heavy atom. The van der Waals surface area contributed by atoms with Gasteiger partial charge in [0.2, 0.25) is 0 Å². The summed E-state index contributed by atoms with van der Waals surface area (Å²) in [4.78, 5) is 8.39. The predicted octanol–water partition coefficient (Wildman–Crippen LogP) is 3.00. The second-order valence-corrected chi connectivity index (χ2v) is 4.18. The third-order valence-electron chi connectivity index (χ3n) is 2.73. The average Bonchev–Trinajstić information content (AvgIpc) is 2.37. The first-order valence-electron chi connectivity index (χ1n) is 5.84. The SMILES string of the molecule is Cc1nccc(NC[C@@H](C)c2ccccc2)n1. The molecule has 0 spiro atoms. The zero-order valence-electron chi connectivity index (χ0n) is 10.2. The van der Waals surface area contributed by atoms with Crippen molar-refractivity contribution >= 4 is 5.82 Å². The molecule has 0 saturated carbocycles. The Bertz CT molecular complexity index is 468. The molecule has 0 radical (unpaired) electrons. The second-order valence-electron chi connectivity index (χ2n) is 4.18. The fourth-order valence-corrected chi connectivity index (χ4v) is 1.71.